The average molecular weight is 401 g/mol. The second-order valence-corrected chi connectivity index (χ2v) is 8.55. The van der Waals surface area contributed by atoms with Gasteiger partial charge in [0.1, 0.15) is 10.8 Å². The summed E-state index contributed by atoms with van der Waals surface area (Å²) in [5.41, 5.74) is 5.01. The van der Waals surface area contributed by atoms with E-state index in [1.165, 1.54) is 5.56 Å². The van der Waals surface area contributed by atoms with Gasteiger partial charge in [0.25, 0.3) is 0 Å². The van der Waals surface area contributed by atoms with E-state index in [0.29, 0.717) is 0 Å². The molecule has 2 aromatic carbocycles. The monoisotopic (exact) mass is 400 g/mol. The maximum Gasteiger partial charge on any atom is 0.307 e. The number of aliphatic carboxylic acids is 1. The van der Waals surface area contributed by atoms with Gasteiger partial charge in [0.2, 0.25) is 0 Å². The van der Waals surface area contributed by atoms with Crippen LogP contribution in [0.3, 0.4) is 0 Å². The molecular weight excluding hydrogens is 380 g/mol. The zero-order valence-electron chi connectivity index (χ0n) is 15.4. The average Bonchev–Trinajstić information content (AvgIpc) is 3.05. The Balaban J connectivity index is 1.99. The van der Waals surface area contributed by atoms with Crippen molar-refractivity contribution in [3.8, 4) is 16.9 Å². The van der Waals surface area contributed by atoms with E-state index < -0.39 is 5.97 Å². The number of nitrogens with zero attached hydrogens (tertiary/aromatic N) is 2. The lowest BCUT2D eigenvalue weighted by Gasteiger charge is -2.15. The first-order valence-electron chi connectivity index (χ1n) is 8.38. The van der Waals surface area contributed by atoms with Gasteiger partial charge in [-0.15, -0.1) is 10.2 Å². The van der Waals surface area contributed by atoms with Crippen LogP contribution in [0.25, 0.3) is 11.1 Å². The summed E-state index contributed by atoms with van der Waals surface area (Å²) in [7, 11) is 1.63. The van der Waals surface area contributed by atoms with Crippen LogP contribution in [0.2, 0.25) is 0 Å². The first-order valence-corrected chi connectivity index (χ1v) is 10.2. The van der Waals surface area contributed by atoms with Crippen molar-refractivity contribution in [2.45, 2.75) is 30.4 Å². The zero-order chi connectivity index (χ0) is 19.4. The minimum Gasteiger partial charge on any atom is -0.496 e. The maximum atomic E-state index is 11.1. The van der Waals surface area contributed by atoms with E-state index in [4.69, 9.17) is 9.84 Å². The predicted molar refractivity (Wildman–Crippen MR) is 109 cm³/mol. The van der Waals surface area contributed by atoms with Crippen molar-refractivity contribution in [2.75, 3.05) is 7.11 Å². The van der Waals surface area contributed by atoms with Crippen LogP contribution >= 0.6 is 23.1 Å². The van der Waals surface area contributed by atoms with Crippen LogP contribution in [0.15, 0.2) is 40.7 Å². The third-order valence-corrected chi connectivity index (χ3v) is 6.05. The van der Waals surface area contributed by atoms with Crippen LogP contribution in [0, 0.1) is 13.8 Å². The van der Waals surface area contributed by atoms with E-state index in [2.05, 4.69) is 35.3 Å². The molecule has 0 saturated heterocycles. The molecule has 1 aromatic heterocycles. The number of ether oxygens (including phenoxy) is 1. The molecule has 140 valence electrons. The van der Waals surface area contributed by atoms with E-state index in [9.17, 15) is 4.79 Å². The summed E-state index contributed by atoms with van der Waals surface area (Å²) in [6, 6.07) is 11.8. The Kier molecular flexibility index (Phi) is 6.13. The second-order valence-electron chi connectivity index (χ2n) is 6.14. The highest BCUT2D eigenvalue weighted by molar-refractivity contribution is 8.00. The molecule has 0 saturated carbocycles. The molecule has 27 heavy (non-hydrogen) atoms. The van der Waals surface area contributed by atoms with E-state index in [0.717, 1.165) is 43.1 Å². The summed E-state index contributed by atoms with van der Waals surface area (Å²) in [6.07, 6.45) is -0.0169. The van der Waals surface area contributed by atoms with Gasteiger partial charge in [0.05, 0.1) is 13.5 Å². The molecule has 0 fully saturated rings. The summed E-state index contributed by atoms with van der Waals surface area (Å²) < 4.78 is 6.47. The van der Waals surface area contributed by atoms with Crippen LogP contribution in [0.1, 0.15) is 21.7 Å². The molecule has 0 atom stereocenters. The fourth-order valence-corrected chi connectivity index (χ4v) is 4.64. The molecular formula is C20H20N2O3S2. The maximum absolute atomic E-state index is 11.1. The number of hydrogen-bond donors (Lipinski definition) is 1. The van der Waals surface area contributed by atoms with Crippen LogP contribution in [-0.4, -0.2) is 28.4 Å². The Morgan fingerprint density at radius 1 is 1.15 bits per heavy atom. The summed E-state index contributed by atoms with van der Waals surface area (Å²) >= 11 is 3.23. The fraction of sp³-hybridized carbons (Fsp3) is 0.250. The van der Waals surface area contributed by atoms with Gasteiger partial charge in [-0.25, -0.2) is 0 Å². The van der Waals surface area contributed by atoms with E-state index in [-0.39, 0.29) is 6.42 Å². The number of benzene rings is 2. The third kappa shape index (κ3) is 4.87. The zero-order valence-corrected chi connectivity index (χ0v) is 17.0. The molecule has 0 aliphatic carbocycles. The molecule has 0 bridgehead atoms. The van der Waals surface area contributed by atoms with Crippen molar-refractivity contribution in [1.82, 2.24) is 10.2 Å². The number of carbonyl (C=O) groups is 1. The number of hydrogen-bond acceptors (Lipinski definition) is 6. The van der Waals surface area contributed by atoms with Crippen molar-refractivity contribution >= 4 is 29.1 Å². The lowest BCUT2D eigenvalue weighted by molar-refractivity contribution is -0.136. The van der Waals surface area contributed by atoms with Crippen molar-refractivity contribution in [3.05, 3.63) is 58.1 Å². The SMILES string of the molecule is COc1ccc(CC(=O)O)cc1-c1ccc(C)cc1CSc1nnc(C)s1. The molecule has 0 spiro atoms. The Bertz CT molecular complexity index is 970. The van der Waals surface area contributed by atoms with Gasteiger partial charge in [0, 0.05) is 11.3 Å². The van der Waals surface area contributed by atoms with E-state index in [1.807, 2.05) is 19.1 Å². The van der Waals surface area contributed by atoms with Crippen LogP contribution in [0.5, 0.6) is 5.75 Å². The van der Waals surface area contributed by atoms with Gasteiger partial charge in [0.15, 0.2) is 4.34 Å². The number of carboxylic acids is 1. The largest absolute Gasteiger partial charge is 0.496 e. The van der Waals surface area contributed by atoms with Gasteiger partial charge >= 0.3 is 5.97 Å². The minimum atomic E-state index is -0.850. The minimum absolute atomic E-state index is 0.0169. The van der Waals surface area contributed by atoms with Gasteiger partial charge in [-0.3, -0.25) is 4.79 Å². The van der Waals surface area contributed by atoms with E-state index in [1.54, 1.807) is 36.3 Å². The first-order chi connectivity index (χ1) is 13.0. The Labute approximate surface area is 166 Å². The molecule has 0 amide bonds. The Morgan fingerprint density at radius 3 is 2.63 bits per heavy atom. The number of thioether (sulfide) groups is 1. The summed E-state index contributed by atoms with van der Waals surface area (Å²) in [5, 5.41) is 18.3. The van der Waals surface area contributed by atoms with Crippen LogP contribution < -0.4 is 4.74 Å². The van der Waals surface area contributed by atoms with Crippen LogP contribution in [-0.2, 0) is 17.0 Å². The molecule has 3 aromatic rings. The van der Waals surface area contributed by atoms with Gasteiger partial charge < -0.3 is 9.84 Å². The molecule has 0 radical (unpaired) electrons. The highest BCUT2D eigenvalue weighted by atomic mass is 32.2. The second kappa shape index (κ2) is 8.54. The first kappa shape index (κ1) is 19.4. The normalized spacial score (nSPS) is 10.8. The number of aromatic nitrogens is 2. The van der Waals surface area contributed by atoms with Crippen molar-refractivity contribution in [2.24, 2.45) is 0 Å². The van der Waals surface area contributed by atoms with Gasteiger partial charge in [-0.2, -0.15) is 0 Å². The number of carboxylic acid groups (broad SMARTS) is 1. The third-order valence-electron chi connectivity index (χ3n) is 4.03. The van der Waals surface area contributed by atoms with E-state index >= 15 is 0 Å². The molecule has 5 nitrogen and oxygen atoms in total. The molecule has 0 aliphatic rings. The van der Waals surface area contributed by atoms with Crippen molar-refractivity contribution < 1.29 is 14.6 Å². The summed E-state index contributed by atoms with van der Waals surface area (Å²) in [4.78, 5) is 11.1. The van der Waals surface area contributed by atoms with Gasteiger partial charge in [-0.05, 0) is 42.7 Å². The molecule has 0 unspecified atom stereocenters. The lowest BCUT2D eigenvalue weighted by Crippen LogP contribution is -2.01. The topological polar surface area (TPSA) is 72.3 Å². The van der Waals surface area contributed by atoms with Gasteiger partial charge in [-0.1, -0.05) is 52.9 Å². The summed E-state index contributed by atoms with van der Waals surface area (Å²) in [5.74, 6) is 0.626. The number of aryl methyl sites for hydroxylation is 2. The lowest BCUT2D eigenvalue weighted by atomic mass is 9.95. The highest BCUT2D eigenvalue weighted by Gasteiger charge is 2.14. The molecule has 7 heteroatoms. The number of rotatable bonds is 7. The van der Waals surface area contributed by atoms with Crippen molar-refractivity contribution in [1.29, 1.82) is 0 Å². The highest BCUT2D eigenvalue weighted by Crippen LogP contribution is 2.37. The molecule has 0 aliphatic heterocycles. The molecule has 1 N–H and O–H groups in total. The van der Waals surface area contributed by atoms with Crippen LogP contribution in [0.4, 0.5) is 0 Å². The van der Waals surface area contributed by atoms with Crippen molar-refractivity contribution in [3.63, 3.8) is 0 Å². The Morgan fingerprint density at radius 2 is 1.96 bits per heavy atom. The standard InChI is InChI=1S/C20H20N2O3S2/c1-12-4-6-16(15(8-12)11-26-20-22-21-13(2)27-20)17-9-14(10-19(23)24)5-7-18(17)25-3/h4-9H,10-11H2,1-3H3,(H,23,24). The fourth-order valence-electron chi connectivity index (χ4n) is 2.83. The summed E-state index contributed by atoms with van der Waals surface area (Å²) in [6.45, 7) is 4.00. The Hall–Kier alpha value is -2.38. The quantitative estimate of drug-likeness (QED) is 0.577. The molecule has 3 rings (SSSR count). The molecule has 1 heterocycles. The smallest absolute Gasteiger partial charge is 0.307 e. The number of methoxy groups -OCH3 is 1. The predicted octanol–water partition coefficient (Wildman–Crippen LogP) is 4.75.